The number of nitrogens with zero attached hydrogens (tertiary/aromatic N) is 1. The van der Waals surface area contributed by atoms with Crippen molar-refractivity contribution in [3.8, 4) is 0 Å². The Morgan fingerprint density at radius 2 is 1.58 bits per heavy atom. The molecular formula is C20H22N2OS. The van der Waals surface area contributed by atoms with E-state index in [0.717, 1.165) is 27.6 Å². The summed E-state index contributed by atoms with van der Waals surface area (Å²) < 4.78 is 0. The van der Waals surface area contributed by atoms with Crippen LogP contribution >= 0.6 is 11.8 Å². The highest BCUT2D eigenvalue weighted by atomic mass is 32.2. The molecule has 0 saturated heterocycles. The van der Waals surface area contributed by atoms with Crippen molar-refractivity contribution in [2.45, 2.75) is 48.4 Å². The third kappa shape index (κ3) is 2.80. The van der Waals surface area contributed by atoms with Gasteiger partial charge in [0.25, 0.3) is 0 Å². The van der Waals surface area contributed by atoms with E-state index in [9.17, 15) is 4.79 Å². The van der Waals surface area contributed by atoms with Gasteiger partial charge in [0.2, 0.25) is 0 Å². The van der Waals surface area contributed by atoms with Gasteiger partial charge < -0.3 is 5.32 Å². The first-order valence-electron chi connectivity index (χ1n) is 8.70. The number of urea groups is 1. The fraction of sp³-hybridized carbons (Fsp3) is 0.350. The van der Waals surface area contributed by atoms with E-state index in [1.54, 1.807) is 11.8 Å². The average molecular weight is 338 g/mol. The number of amides is 2. The van der Waals surface area contributed by atoms with Crippen molar-refractivity contribution >= 4 is 29.2 Å². The van der Waals surface area contributed by atoms with Crippen LogP contribution in [0.4, 0.5) is 16.2 Å². The Morgan fingerprint density at radius 3 is 2.21 bits per heavy atom. The van der Waals surface area contributed by atoms with Crippen LogP contribution in [-0.2, 0) is 0 Å². The summed E-state index contributed by atoms with van der Waals surface area (Å²) in [5, 5.41) is 3.30. The van der Waals surface area contributed by atoms with Crippen molar-refractivity contribution in [3.05, 3.63) is 48.5 Å². The van der Waals surface area contributed by atoms with Gasteiger partial charge in [-0.2, -0.15) is 0 Å². The molecule has 2 aromatic carbocycles. The van der Waals surface area contributed by atoms with Gasteiger partial charge in [0.05, 0.1) is 11.4 Å². The Labute approximate surface area is 147 Å². The number of rotatable bonds is 1. The normalized spacial score (nSPS) is 22.5. The highest BCUT2D eigenvalue weighted by Crippen LogP contribution is 2.47. The topological polar surface area (TPSA) is 32.3 Å². The summed E-state index contributed by atoms with van der Waals surface area (Å²) in [6, 6.07) is 16.5. The summed E-state index contributed by atoms with van der Waals surface area (Å²) in [7, 11) is 0. The van der Waals surface area contributed by atoms with E-state index in [2.05, 4.69) is 24.4 Å². The van der Waals surface area contributed by atoms with Gasteiger partial charge >= 0.3 is 6.03 Å². The van der Waals surface area contributed by atoms with E-state index in [0.29, 0.717) is 5.92 Å². The minimum absolute atomic E-state index is 0.00560. The second-order valence-electron chi connectivity index (χ2n) is 6.69. The van der Waals surface area contributed by atoms with Crippen molar-refractivity contribution in [2.24, 2.45) is 5.92 Å². The number of hydrogen-bond donors (Lipinski definition) is 1. The summed E-state index contributed by atoms with van der Waals surface area (Å²) in [5.41, 5.74) is 1.95. The number of benzene rings is 2. The molecule has 0 bridgehead atoms. The molecule has 1 N–H and O–H groups in total. The molecule has 3 nitrogen and oxygen atoms in total. The summed E-state index contributed by atoms with van der Waals surface area (Å²) in [5.74, 6) is 0.548. The summed E-state index contributed by atoms with van der Waals surface area (Å²) in [6.07, 6.45) is 4.77. The van der Waals surface area contributed by atoms with Gasteiger partial charge in [0.1, 0.15) is 0 Å². The minimum atomic E-state index is -0.00560. The molecule has 24 heavy (non-hydrogen) atoms. The first kappa shape index (κ1) is 15.6. The van der Waals surface area contributed by atoms with Crippen LogP contribution in [0.2, 0.25) is 0 Å². The quantitative estimate of drug-likeness (QED) is 0.736. The number of para-hydroxylation sites is 2. The summed E-state index contributed by atoms with van der Waals surface area (Å²) in [4.78, 5) is 17.2. The van der Waals surface area contributed by atoms with E-state index in [1.165, 1.54) is 19.3 Å². The number of carbonyl (C=O) groups is 1. The molecule has 1 aliphatic carbocycles. The molecule has 2 atom stereocenters. The van der Waals surface area contributed by atoms with Crippen molar-refractivity contribution < 1.29 is 4.79 Å². The van der Waals surface area contributed by atoms with Crippen molar-refractivity contribution in [2.75, 3.05) is 4.90 Å². The molecule has 4 heteroatoms. The maximum atomic E-state index is 13.1. The lowest BCUT2D eigenvalue weighted by atomic mass is 9.86. The van der Waals surface area contributed by atoms with Gasteiger partial charge in [0.15, 0.2) is 0 Å². The van der Waals surface area contributed by atoms with Gasteiger partial charge in [-0.1, -0.05) is 55.8 Å². The predicted molar refractivity (Wildman–Crippen MR) is 99.1 cm³/mol. The Hall–Kier alpha value is -1.94. The lowest BCUT2D eigenvalue weighted by Gasteiger charge is -2.35. The molecule has 2 unspecified atom stereocenters. The highest BCUT2D eigenvalue weighted by molar-refractivity contribution is 7.99. The monoisotopic (exact) mass is 338 g/mol. The average Bonchev–Trinajstić information content (AvgIpc) is 2.61. The zero-order valence-corrected chi connectivity index (χ0v) is 14.7. The van der Waals surface area contributed by atoms with Gasteiger partial charge in [-0.25, -0.2) is 4.79 Å². The fourth-order valence-corrected chi connectivity index (χ4v) is 4.74. The summed E-state index contributed by atoms with van der Waals surface area (Å²) in [6.45, 7) is 2.25. The number of carbonyl (C=O) groups excluding carboxylic acids is 1. The SMILES string of the molecule is CC1CCCCC1NC(=O)N1c2ccccc2Sc2ccccc21. The van der Waals surface area contributed by atoms with E-state index in [1.807, 2.05) is 41.3 Å². The van der Waals surface area contributed by atoms with E-state index >= 15 is 0 Å². The standard InChI is InChI=1S/C20H22N2OS/c1-14-8-2-3-9-15(14)21-20(23)22-16-10-4-6-12-18(16)24-19-13-7-5-11-17(19)22/h4-7,10-15H,2-3,8-9H2,1H3,(H,21,23). The van der Waals surface area contributed by atoms with Gasteiger partial charge in [-0.3, -0.25) is 4.90 Å². The first-order chi connectivity index (χ1) is 11.7. The van der Waals surface area contributed by atoms with Crippen molar-refractivity contribution in [1.82, 2.24) is 5.32 Å². The van der Waals surface area contributed by atoms with Gasteiger partial charge in [0, 0.05) is 15.8 Å². The van der Waals surface area contributed by atoms with Crippen molar-refractivity contribution in [3.63, 3.8) is 0 Å². The second-order valence-corrected chi connectivity index (χ2v) is 7.77. The smallest absolute Gasteiger partial charge is 0.326 e. The fourth-order valence-electron chi connectivity index (χ4n) is 3.68. The number of hydrogen-bond acceptors (Lipinski definition) is 2. The van der Waals surface area contributed by atoms with E-state index in [-0.39, 0.29) is 12.1 Å². The molecule has 1 saturated carbocycles. The van der Waals surface area contributed by atoms with Crippen LogP contribution in [-0.4, -0.2) is 12.1 Å². The van der Waals surface area contributed by atoms with Crippen LogP contribution in [0.15, 0.2) is 58.3 Å². The highest BCUT2D eigenvalue weighted by Gasteiger charge is 2.30. The Balaban J connectivity index is 1.67. The molecule has 0 aromatic heterocycles. The predicted octanol–water partition coefficient (Wildman–Crippen LogP) is 5.58. The molecule has 0 spiro atoms. The molecule has 1 aliphatic heterocycles. The Kier molecular flexibility index (Phi) is 4.23. The molecule has 2 aliphatic rings. The lowest BCUT2D eigenvalue weighted by molar-refractivity contribution is 0.229. The Bertz CT molecular complexity index is 715. The molecule has 4 rings (SSSR count). The zero-order chi connectivity index (χ0) is 16.5. The number of anilines is 2. The van der Waals surface area contributed by atoms with E-state index in [4.69, 9.17) is 0 Å². The third-order valence-corrected chi connectivity index (χ3v) is 6.19. The molecule has 0 radical (unpaired) electrons. The van der Waals surface area contributed by atoms with Gasteiger partial charge in [-0.05, 0) is 43.0 Å². The van der Waals surface area contributed by atoms with E-state index < -0.39 is 0 Å². The molecule has 1 heterocycles. The molecular weight excluding hydrogens is 316 g/mol. The van der Waals surface area contributed by atoms with Crippen LogP contribution in [0, 0.1) is 5.92 Å². The second kappa shape index (κ2) is 6.52. The van der Waals surface area contributed by atoms with Crippen LogP contribution in [0.25, 0.3) is 0 Å². The van der Waals surface area contributed by atoms with Crippen LogP contribution in [0.3, 0.4) is 0 Å². The van der Waals surface area contributed by atoms with Crippen LogP contribution in [0.5, 0.6) is 0 Å². The zero-order valence-electron chi connectivity index (χ0n) is 13.9. The van der Waals surface area contributed by atoms with Crippen LogP contribution in [0.1, 0.15) is 32.6 Å². The molecule has 2 amide bonds. The third-order valence-electron chi connectivity index (χ3n) is 5.06. The van der Waals surface area contributed by atoms with Gasteiger partial charge in [-0.15, -0.1) is 0 Å². The molecule has 124 valence electrons. The Morgan fingerprint density at radius 1 is 1.00 bits per heavy atom. The molecule has 2 aromatic rings. The number of fused-ring (bicyclic) bond motifs is 2. The number of nitrogens with one attached hydrogen (secondary N) is 1. The van der Waals surface area contributed by atoms with Crippen LogP contribution < -0.4 is 10.2 Å². The maximum Gasteiger partial charge on any atom is 0.326 e. The first-order valence-corrected chi connectivity index (χ1v) is 9.52. The maximum absolute atomic E-state index is 13.1. The minimum Gasteiger partial charge on any atom is -0.334 e. The molecule has 1 fully saturated rings. The summed E-state index contributed by atoms with van der Waals surface area (Å²) >= 11 is 1.73. The largest absolute Gasteiger partial charge is 0.334 e. The van der Waals surface area contributed by atoms with Crippen molar-refractivity contribution in [1.29, 1.82) is 0 Å². The lowest BCUT2D eigenvalue weighted by Crippen LogP contribution is -2.47.